The van der Waals surface area contributed by atoms with Crippen LogP contribution in [0.15, 0.2) is 35.7 Å². The minimum atomic E-state index is 0.131. The highest BCUT2D eigenvalue weighted by Crippen LogP contribution is 2.38. The average molecular weight is 510 g/mol. The lowest BCUT2D eigenvalue weighted by atomic mass is 9.90. The van der Waals surface area contributed by atoms with Gasteiger partial charge in [-0.05, 0) is 60.7 Å². The Morgan fingerprint density at radius 3 is 2.56 bits per heavy atom. The third-order valence-corrected chi connectivity index (χ3v) is 9.07. The van der Waals surface area contributed by atoms with E-state index in [1.165, 1.54) is 21.6 Å². The summed E-state index contributed by atoms with van der Waals surface area (Å²) in [6, 6.07) is 11.2. The number of aryl methyl sites for hydroxylation is 1. The summed E-state index contributed by atoms with van der Waals surface area (Å²) in [6.07, 6.45) is 6.58. The molecule has 36 heavy (non-hydrogen) atoms. The van der Waals surface area contributed by atoms with Crippen LogP contribution in [0.1, 0.15) is 80.0 Å². The Balaban J connectivity index is 1.36. The zero-order chi connectivity index (χ0) is 25.5. The van der Waals surface area contributed by atoms with Crippen molar-refractivity contribution in [3.63, 3.8) is 0 Å². The van der Waals surface area contributed by atoms with Crippen molar-refractivity contribution >= 4 is 23.2 Å². The van der Waals surface area contributed by atoms with Crippen molar-refractivity contribution in [1.29, 1.82) is 0 Å². The van der Waals surface area contributed by atoms with Gasteiger partial charge in [0.15, 0.2) is 0 Å². The normalized spacial score (nSPS) is 19.6. The van der Waals surface area contributed by atoms with Crippen LogP contribution in [0.25, 0.3) is 0 Å². The first-order valence-electron chi connectivity index (χ1n) is 14.0. The number of unbranched alkanes of at least 4 members (excludes halogenated alkanes) is 1. The second kappa shape index (κ2) is 12.9. The molecule has 2 aliphatic rings. The van der Waals surface area contributed by atoms with Crippen LogP contribution >= 0.6 is 11.3 Å². The van der Waals surface area contributed by atoms with E-state index in [1.807, 2.05) is 21.1 Å². The lowest BCUT2D eigenvalue weighted by molar-refractivity contribution is -0.137. The fraction of sp³-hybridized carbons (Fsp3) is 0.600. The molecule has 3 heterocycles. The van der Waals surface area contributed by atoms with Crippen LogP contribution in [-0.2, 0) is 16.0 Å². The number of carbonyl (C=O) groups is 2. The van der Waals surface area contributed by atoms with Crippen molar-refractivity contribution in [2.24, 2.45) is 5.92 Å². The van der Waals surface area contributed by atoms with Gasteiger partial charge >= 0.3 is 0 Å². The number of thiophene rings is 1. The summed E-state index contributed by atoms with van der Waals surface area (Å²) in [6.45, 7) is 11.1. The number of amides is 2. The van der Waals surface area contributed by atoms with Gasteiger partial charge in [-0.2, -0.15) is 0 Å². The molecule has 0 bridgehead atoms. The van der Waals surface area contributed by atoms with Gasteiger partial charge < -0.3 is 9.80 Å². The first-order valence-corrected chi connectivity index (χ1v) is 14.8. The highest BCUT2D eigenvalue weighted by Gasteiger charge is 2.31. The van der Waals surface area contributed by atoms with Crippen LogP contribution in [0.5, 0.6) is 0 Å². The molecule has 6 heteroatoms. The molecule has 1 fully saturated rings. The van der Waals surface area contributed by atoms with E-state index < -0.39 is 0 Å². The zero-order valence-electron chi connectivity index (χ0n) is 22.4. The summed E-state index contributed by atoms with van der Waals surface area (Å²) in [5.74, 6) is 0.648. The van der Waals surface area contributed by atoms with Crippen LogP contribution in [0.2, 0.25) is 0 Å². The lowest BCUT2D eigenvalue weighted by Crippen LogP contribution is -2.41. The van der Waals surface area contributed by atoms with E-state index in [0.717, 1.165) is 64.7 Å². The number of fused-ring (bicyclic) bond motifs is 1. The Labute approximate surface area is 221 Å². The fourth-order valence-corrected chi connectivity index (χ4v) is 6.77. The van der Waals surface area contributed by atoms with Crippen molar-refractivity contribution < 1.29 is 9.59 Å². The number of hydrogen-bond donors (Lipinski definition) is 0. The third kappa shape index (κ3) is 6.20. The average Bonchev–Trinajstić information content (AvgIpc) is 3.23. The number of nitrogens with zero attached hydrogens (tertiary/aromatic N) is 3. The van der Waals surface area contributed by atoms with E-state index in [1.54, 1.807) is 0 Å². The summed E-state index contributed by atoms with van der Waals surface area (Å²) < 4.78 is 0. The minimum absolute atomic E-state index is 0.131. The molecule has 0 saturated carbocycles. The van der Waals surface area contributed by atoms with E-state index in [-0.39, 0.29) is 17.9 Å². The maximum Gasteiger partial charge on any atom is 0.225 e. The maximum absolute atomic E-state index is 13.3. The van der Waals surface area contributed by atoms with Gasteiger partial charge in [0.2, 0.25) is 11.8 Å². The van der Waals surface area contributed by atoms with Gasteiger partial charge in [0, 0.05) is 56.5 Å². The minimum Gasteiger partial charge on any atom is -0.341 e. The van der Waals surface area contributed by atoms with Crippen LogP contribution in [0.4, 0.5) is 0 Å². The smallest absolute Gasteiger partial charge is 0.225 e. The van der Waals surface area contributed by atoms with Crippen molar-refractivity contribution in [2.75, 3.05) is 39.3 Å². The molecule has 4 rings (SSSR count). The molecule has 0 N–H and O–H groups in total. The van der Waals surface area contributed by atoms with Gasteiger partial charge in [-0.3, -0.25) is 14.5 Å². The zero-order valence-corrected chi connectivity index (χ0v) is 23.2. The maximum atomic E-state index is 13.3. The van der Waals surface area contributed by atoms with Crippen molar-refractivity contribution in [3.8, 4) is 0 Å². The molecule has 0 aliphatic carbocycles. The SMILES string of the molecule is CCCC[C@@H](CC)C(=O)N1CCCN(C(=O)CCN2CCc3sccc3[C@@H]2c2ccccc2C)CC1. The molecule has 196 valence electrons. The summed E-state index contributed by atoms with van der Waals surface area (Å²) in [5.41, 5.74) is 4.06. The second-order valence-corrected chi connectivity index (χ2v) is 11.4. The van der Waals surface area contributed by atoms with Gasteiger partial charge in [-0.25, -0.2) is 0 Å². The first kappa shape index (κ1) is 26.9. The van der Waals surface area contributed by atoms with Crippen molar-refractivity contribution in [1.82, 2.24) is 14.7 Å². The van der Waals surface area contributed by atoms with Gasteiger partial charge in [-0.15, -0.1) is 11.3 Å². The number of rotatable bonds is 9. The van der Waals surface area contributed by atoms with Gasteiger partial charge in [0.1, 0.15) is 0 Å². The molecule has 2 aromatic rings. The van der Waals surface area contributed by atoms with Crippen LogP contribution in [0.3, 0.4) is 0 Å². The van der Waals surface area contributed by atoms with Crippen molar-refractivity contribution in [2.45, 2.75) is 71.8 Å². The van der Waals surface area contributed by atoms with E-state index >= 15 is 0 Å². The fourth-order valence-electron chi connectivity index (χ4n) is 5.86. The molecular formula is C30H43N3O2S. The molecule has 1 aromatic heterocycles. The lowest BCUT2D eigenvalue weighted by Gasteiger charge is -2.37. The molecule has 1 aromatic carbocycles. The summed E-state index contributed by atoms with van der Waals surface area (Å²) in [5, 5.41) is 2.21. The third-order valence-electron chi connectivity index (χ3n) is 8.07. The largest absolute Gasteiger partial charge is 0.341 e. The van der Waals surface area contributed by atoms with Crippen LogP contribution < -0.4 is 0 Å². The highest BCUT2D eigenvalue weighted by molar-refractivity contribution is 7.10. The van der Waals surface area contributed by atoms with Crippen LogP contribution in [0, 0.1) is 12.8 Å². The van der Waals surface area contributed by atoms with E-state index in [2.05, 4.69) is 61.4 Å². The molecule has 2 aliphatic heterocycles. The summed E-state index contributed by atoms with van der Waals surface area (Å²) in [7, 11) is 0. The Hall–Kier alpha value is -2.18. The number of hydrogen-bond acceptors (Lipinski definition) is 4. The molecule has 5 nitrogen and oxygen atoms in total. The second-order valence-electron chi connectivity index (χ2n) is 10.4. The molecule has 0 radical (unpaired) electrons. The number of benzene rings is 1. The van der Waals surface area contributed by atoms with E-state index in [9.17, 15) is 9.59 Å². The van der Waals surface area contributed by atoms with Gasteiger partial charge in [0.25, 0.3) is 0 Å². The van der Waals surface area contributed by atoms with E-state index in [4.69, 9.17) is 0 Å². The van der Waals surface area contributed by atoms with E-state index in [0.29, 0.717) is 25.4 Å². The molecule has 0 spiro atoms. The Morgan fingerprint density at radius 1 is 1.00 bits per heavy atom. The predicted octanol–water partition coefficient (Wildman–Crippen LogP) is 5.67. The van der Waals surface area contributed by atoms with Crippen molar-refractivity contribution in [3.05, 3.63) is 57.3 Å². The predicted molar refractivity (Wildman–Crippen MR) is 148 cm³/mol. The topological polar surface area (TPSA) is 43.9 Å². The first-order chi connectivity index (χ1) is 17.5. The molecular weight excluding hydrogens is 466 g/mol. The Kier molecular flexibility index (Phi) is 9.60. The van der Waals surface area contributed by atoms with Crippen LogP contribution in [-0.4, -0.2) is 65.8 Å². The molecule has 1 saturated heterocycles. The molecule has 2 atom stereocenters. The van der Waals surface area contributed by atoms with Gasteiger partial charge in [-0.1, -0.05) is 51.0 Å². The Morgan fingerprint density at radius 2 is 1.78 bits per heavy atom. The number of carbonyl (C=O) groups excluding carboxylic acids is 2. The quantitative estimate of drug-likeness (QED) is 0.437. The van der Waals surface area contributed by atoms with Gasteiger partial charge in [0.05, 0.1) is 6.04 Å². The highest BCUT2D eigenvalue weighted by atomic mass is 32.1. The molecule has 2 amide bonds. The monoisotopic (exact) mass is 509 g/mol. The summed E-state index contributed by atoms with van der Waals surface area (Å²) >= 11 is 1.86. The summed E-state index contributed by atoms with van der Waals surface area (Å²) in [4.78, 5) is 34.4. The Bertz CT molecular complexity index is 1020. The molecule has 0 unspecified atom stereocenters. The standard InChI is InChI=1S/C30H43N3O2S/c1-4-6-11-24(5-2)30(35)33-17-9-16-31(20-21-33)28(34)14-19-32-18-13-27-26(15-22-36-27)29(32)25-12-8-7-10-23(25)3/h7-8,10,12,15,22,24,29H,4-6,9,11,13-14,16-21H2,1-3H3/t24-,29+/m1/s1.